The molecule has 0 saturated heterocycles. The number of fused-ring (bicyclic) bond motifs is 4. The first-order valence-electron chi connectivity index (χ1n) is 10.4. The van der Waals surface area contributed by atoms with Gasteiger partial charge in [0.05, 0.1) is 36.2 Å². The van der Waals surface area contributed by atoms with Crippen LogP contribution in [-0.2, 0) is 17.9 Å². The average molecular weight is 396 g/mol. The molecule has 0 amide bonds. The van der Waals surface area contributed by atoms with Gasteiger partial charge in [-0.1, -0.05) is 55.5 Å². The van der Waals surface area contributed by atoms with Crippen molar-refractivity contribution in [3.8, 4) is 11.4 Å². The highest BCUT2D eigenvalue weighted by atomic mass is 16.5. The largest absolute Gasteiger partial charge is 0.369 e. The minimum absolute atomic E-state index is 0.0475. The standard InChI is InChI=1S/C26H24N2O2/c1-3-24(30-16-18-9-5-4-6-10-18)21-14-23-25-20(15-28(23)26(29)17(21)2)13-19-11-7-8-12-22(19)27-25/h4-14,24H,3,15-16H2,1-2H3/t24-/m0/s1. The number of rotatable bonds is 5. The third-order valence-electron chi connectivity index (χ3n) is 5.97. The molecule has 30 heavy (non-hydrogen) atoms. The van der Waals surface area contributed by atoms with Crippen LogP contribution in [0.15, 0.2) is 71.5 Å². The Labute approximate surface area is 175 Å². The minimum atomic E-state index is -0.131. The maximum Gasteiger partial charge on any atom is 0.254 e. The summed E-state index contributed by atoms with van der Waals surface area (Å²) in [6.45, 7) is 5.10. The number of pyridine rings is 2. The second-order valence-electron chi connectivity index (χ2n) is 7.88. The molecule has 0 aliphatic carbocycles. The van der Waals surface area contributed by atoms with Gasteiger partial charge in [-0.05, 0) is 42.7 Å². The van der Waals surface area contributed by atoms with Gasteiger partial charge in [-0.25, -0.2) is 4.98 Å². The fraction of sp³-hybridized carbons (Fsp3) is 0.231. The van der Waals surface area contributed by atoms with E-state index in [1.165, 1.54) is 0 Å². The van der Waals surface area contributed by atoms with E-state index in [-0.39, 0.29) is 11.7 Å². The molecule has 1 atom stereocenters. The predicted molar refractivity (Wildman–Crippen MR) is 120 cm³/mol. The van der Waals surface area contributed by atoms with Gasteiger partial charge in [0.2, 0.25) is 0 Å². The van der Waals surface area contributed by atoms with Crippen molar-refractivity contribution in [3.05, 3.63) is 99.3 Å². The lowest BCUT2D eigenvalue weighted by molar-refractivity contribution is 0.0366. The van der Waals surface area contributed by atoms with E-state index in [1.807, 2.05) is 47.9 Å². The minimum Gasteiger partial charge on any atom is -0.369 e. The maximum atomic E-state index is 13.2. The summed E-state index contributed by atoms with van der Waals surface area (Å²) in [6.07, 6.45) is 0.669. The van der Waals surface area contributed by atoms with Crippen molar-refractivity contribution < 1.29 is 4.74 Å². The quantitative estimate of drug-likeness (QED) is 0.399. The zero-order valence-corrected chi connectivity index (χ0v) is 17.3. The van der Waals surface area contributed by atoms with Crippen LogP contribution in [0.3, 0.4) is 0 Å². The van der Waals surface area contributed by atoms with E-state index in [0.717, 1.165) is 51.0 Å². The summed E-state index contributed by atoms with van der Waals surface area (Å²) >= 11 is 0. The number of ether oxygens (including phenoxy) is 1. The topological polar surface area (TPSA) is 44.1 Å². The van der Waals surface area contributed by atoms with Crippen LogP contribution in [0.5, 0.6) is 0 Å². The van der Waals surface area contributed by atoms with Crippen molar-refractivity contribution in [2.45, 2.75) is 39.5 Å². The first kappa shape index (κ1) is 18.8. The van der Waals surface area contributed by atoms with E-state index < -0.39 is 0 Å². The monoisotopic (exact) mass is 396 g/mol. The summed E-state index contributed by atoms with van der Waals surface area (Å²) in [7, 11) is 0. The Bertz CT molecular complexity index is 1290. The zero-order chi connectivity index (χ0) is 20.7. The van der Waals surface area contributed by atoms with Gasteiger partial charge < -0.3 is 9.30 Å². The molecule has 3 heterocycles. The van der Waals surface area contributed by atoms with E-state index in [9.17, 15) is 4.79 Å². The third-order valence-corrected chi connectivity index (χ3v) is 5.97. The Morgan fingerprint density at radius 1 is 1.07 bits per heavy atom. The van der Waals surface area contributed by atoms with E-state index in [4.69, 9.17) is 9.72 Å². The Kier molecular flexibility index (Phi) is 4.72. The Balaban J connectivity index is 1.56. The lowest BCUT2D eigenvalue weighted by Gasteiger charge is -2.20. The first-order valence-corrected chi connectivity index (χ1v) is 10.4. The molecule has 0 saturated carbocycles. The second-order valence-corrected chi connectivity index (χ2v) is 7.88. The molecule has 1 aliphatic rings. The molecule has 150 valence electrons. The summed E-state index contributed by atoms with van der Waals surface area (Å²) in [5.74, 6) is 0. The summed E-state index contributed by atoms with van der Waals surface area (Å²) < 4.78 is 8.10. The number of hydrogen-bond donors (Lipinski definition) is 0. The van der Waals surface area contributed by atoms with Crippen LogP contribution in [0, 0.1) is 6.92 Å². The fourth-order valence-electron chi connectivity index (χ4n) is 4.33. The molecule has 0 fully saturated rings. The molecule has 5 rings (SSSR count). The van der Waals surface area contributed by atoms with Gasteiger partial charge in [0.1, 0.15) is 0 Å². The van der Waals surface area contributed by atoms with Gasteiger partial charge in [-0.2, -0.15) is 0 Å². The first-order chi connectivity index (χ1) is 14.7. The van der Waals surface area contributed by atoms with Crippen LogP contribution < -0.4 is 5.56 Å². The van der Waals surface area contributed by atoms with E-state index >= 15 is 0 Å². The van der Waals surface area contributed by atoms with Crippen molar-refractivity contribution in [3.63, 3.8) is 0 Å². The van der Waals surface area contributed by atoms with Crippen LogP contribution in [-0.4, -0.2) is 9.55 Å². The number of benzene rings is 2. The lowest BCUT2D eigenvalue weighted by Crippen LogP contribution is -2.24. The summed E-state index contributed by atoms with van der Waals surface area (Å²) in [4.78, 5) is 18.1. The highest BCUT2D eigenvalue weighted by Crippen LogP contribution is 2.35. The van der Waals surface area contributed by atoms with Crippen LogP contribution in [0.2, 0.25) is 0 Å². The molecule has 4 nitrogen and oxygen atoms in total. The average Bonchev–Trinajstić information content (AvgIpc) is 3.14. The van der Waals surface area contributed by atoms with Crippen LogP contribution >= 0.6 is 0 Å². The van der Waals surface area contributed by atoms with Crippen molar-refractivity contribution in [2.75, 3.05) is 0 Å². The molecule has 0 N–H and O–H groups in total. The number of para-hydroxylation sites is 1. The zero-order valence-electron chi connectivity index (χ0n) is 17.3. The maximum absolute atomic E-state index is 13.2. The number of nitrogens with zero attached hydrogens (tertiary/aromatic N) is 2. The smallest absolute Gasteiger partial charge is 0.254 e. The molecule has 1 aliphatic heterocycles. The van der Waals surface area contributed by atoms with Crippen molar-refractivity contribution >= 4 is 10.9 Å². The molecule has 0 spiro atoms. The van der Waals surface area contributed by atoms with Crippen LogP contribution in [0.4, 0.5) is 0 Å². The van der Waals surface area contributed by atoms with Gasteiger partial charge in [0, 0.05) is 16.5 Å². The van der Waals surface area contributed by atoms with Gasteiger partial charge in [0.15, 0.2) is 0 Å². The van der Waals surface area contributed by atoms with Gasteiger partial charge >= 0.3 is 0 Å². The highest BCUT2D eigenvalue weighted by Gasteiger charge is 2.26. The molecule has 4 aromatic rings. The summed E-state index contributed by atoms with van der Waals surface area (Å²) in [6, 6.07) is 22.5. The number of hydrogen-bond acceptors (Lipinski definition) is 3. The van der Waals surface area contributed by atoms with Gasteiger partial charge in [-0.3, -0.25) is 4.79 Å². The number of aromatic nitrogens is 2. The molecule has 2 aromatic carbocycles. The van der Waals surface area contributed by atoms with Gasteiger partial charge in [-0.15, -0.1) is 0 Å². The van der Waals surface area contributed by atoms with E-state index in [0.29, 0.717) is 13.2 Å². The summed E-state index contributed by atoms with van der Waals surface area (Å²) in [5.41, 5.74) is 6.75. The normalized spacial score (nSPS) is 13.3. The lowest BCUT2D eigenvalue weighted by atomic mass is 10.0. The SMILES string of the molecule is CC[C@H](OCc1ccccc1)c1cc2n(c(=O)c1C)Cc1cc3ccccc3nc1-2. The van der Waals surface area contributed by atoms with Crippen molar-refractivity contribution in [1.82, 2.24) is 9.55 Å². The van der Waals surface area contributed by atoms with Crippen molar-refractivity contribution in [2.24, 2.45) is 0 Å². The van der Waals surface area contributed by atoms with E-state index in [1.54, 1.807) is 0 Å². The van der Waals surface area contributed by atoms with Gasteiger partial charge in [0.25, 0.3) is 5.56 Å². The fourth-order valence-corrected chi connectivity index (χ4v) is 4.33. The molecule has 2 aromatic heterocycles. The summed E-state index contributed by atoms with van der Waals surface area (Å²) in [5, 5.41) is 1.10. The molecule has 0 radical (unpaired) electrons. The Morgan fingerprint density at radius 3 is 2.63 bits per heavy atom. The molecular weight excluding hydrogens is 372 g/mol. The molecular formula is C26H24N2O2. The van der Waals surface area contributed by atoms with Crippen LogP contribution in [0.25, 0.3) is 22.3 Å². The third kappa shape index (κ3) is 3.14. The van der Waals surface area contributed by atoms with E-state index in [2.05, 4.69) is 37.3 Å². The molecule has 0 bridgehead atoms. The van der Waals surface area contributed by atoms with Crippen LogP contribution in [0.1, 0.15) is 41.7 Å². The Morgan fingerprint density at radius 2 is 1.83 bits per heavy atom. The second kappa shape index (κ2) is 7.54. The molecule has 4 heteroatoms. The molecule has 0 unspecified atom stereocenters. The predicted octanol–water partition coefficient (Wildman–Crippen LogP) is 5.40. The van der Waals surface area contributed by atoms with Crippen molar-refractivity contribution in [1.29, 1.82) is 0 Å². The highest BCUT2D eigenvalue weighted by molar-refractivity contribution is 5.83. The Hall–Kier alpha value is -3.24.